The minimum Gasteiger partial charge on any atom is -0.449 e. The third kappa shape index (κ3) is 3.02. The van der Waals surface area contributed by atoms with Crippen LogP contribution in [0.15, 0.2) is 24.3 Å². The highest BCUT2D eigenvalue weighted by Crippen LogP contribution is 2.28. The summed E-state index contributed by atoms with van der Waals surface area (Å²) in [5.74, 6) is -0.0533. The fourth-order valence-electron chi connectivity index (χ4n) is 3.85. The molecule has 7 heteroatoms. The Labute approximate surface area is 152 Å². The van der Waals surface area contributed by atoms with E-state index in [2.05, 4.69) is 24.0 Å². The summed E-state index contributed by atoms with van der Waals surface area (Å²) in [4.78, 5) is 28.7. The van der Waals surface area contributed by atoms with Crippen molar-refractivity contribution in [1.82, 2.24) is 20.0 Å². The molecule has 2 aromatic rings. The van der Waals surface area contributed by atoms with Crippen LogP contribution in [0.2, 0.25) is 0 Å². The highest BCUT2D eigenvalue weighted by atomic mass is 16.6. The van der Waals surface area contributed by atoms with Crippen molar-refractivity contribution < 1.29 is 14.3 Å². The monoisotopic (exact) mass is 356 g/mol. The number of nitrogens with one attached hydrogen (secondary N) is 1. The highest BCUT2D eigenvalue weighted by molar-refractivity contribution is 6.04. The molecular weight excluding hydrogens is 332 g/mol. The molecular formula is C19H24N4O3. The average Bonchev–Trinajstić information content (AvgIpc) is 3.07. The van der Waals surface area contributed by atoms with Gasteiger partial charge in [0.1, 0.15) is 0 Å². The number of carbonyl (C=O) groups is 2. The van der Waals surface area contributed by atoms with Crippen LogP contribution in [0, 0.1) is 5.41 Å². The maximum Gasteiger partial charge on any atom is 0.410 e. The number of para-hydroxylation sites is 1. The van der Waals surface area contributed by atoms with E-state index >= 15 is 0 Å². The largest absolute Gasteiger partial charge is 0.449 e. The van der Waals surface area contributed by atoms with Crippen molar-refractivity contribution in [3.05, 3.63) is 30.0 Å². The van der Waals surface area contributed by atoms with Crippen LogP contribution in [0.5, 0.6) is 0 Å². The van der Waals surface area contributed by atoms with E-state index < -0.39 is 0 Å². The molecule has 4 rings (SSSR count). The fraction of sp³-hybridized carbons (Fsp3) is 0.526. The Bertz CT molecular complexity index is 836. The molecule has 2 fully saturated rings. The predicted octanol–water partition coefficient (Wildman–Crippen LogP) is 2.65. The first-order chi connectivity index (χ1) is 12.4. The number of H-pyrrole nitrogens is 1. The summed E-state index contributed by atoms with van der Waals surface area (Å²) in [5, 5.41) is 7.97. The van der Waals surface area contributed by atoms with Crippen molar-refractivity contribution in [3.63, 3.8) is 0 Å². The Balaban J connectivity index is 1.43. The Kier molecular flexibility index (Phi) is 4.09. The topological polar surface area (TPSA) is 78.5 Å². The summed E-state index contributed by atoms with van der Waals surface area (Å²) in [6.45, 7) is 6.62. The number of ether oxygens (including phenoxy) is 1. The fourth-order valence-corrected chi connectivity index (χ4v) is 3.85. The molecule has 1 N–H and O–H groups in total. The van der Waals surface area contributed by atoms with E-state index in [9.17, 15) is 9.59 Å². The van der Waals surface area contributed by atoms with Gasteiger partial charge in [0, 0.05) is 36.5 Å². The summed E-state index contributed by atoms with van der Waals surface area (Å²) in [5.41, 5.74) is 1.30. The molecule has 2 aliphatic rings. The second-order valence-corrected chi connectivity index (χ2v) is 7.99. The van der Waals surface area contributed by atoms with Gasteiger partial charge in [0.25, 0.3) is 5.91 Å². The maximum absolute atomic E-state index is 12.9. The van der Waals surface area contributed by atoms with Crippen LogP contribution in [0.25, 0.3) is 10.9 Å². The van der Waals surface area contributed by atoms with Gasteiger partial charge in [-0.1, -0.05) is 32.0 Å². The van der Waals surface area contributed by atoms with Crippen molar-refractivity contribution in [1.29, 1.82) is 0 Å². The second kappa shape index (κ2) is 6.30. The number of likely N-dealkylation sites (tertiary alicyclic amines) is 1. The van der Waals surface area contributed by atoms with Gasteiger partial charge in [-0.05, 0) is 18.9 Å². The molecule has 138 valence electrons. The van der Waals surface area contributed by atoms with Gasteiger partial charge < -0.3 is 14.5 Å². The van der Waals surface area contributed by atoms with Crippen LogP contribution in [0.4, 0.5) is 4.79 Å². The zero-order valence-corrected chi connectivity index (χ0v) is 15.2. The standard InChI is InChI=1S/C19H24N4O3/c1-19(2)11-23(18(25)26-12-19)13-7-9-22(10-8-13)17(24)16-14-5-3-4-6-15(14)20-21-16/h3-6,13H,7-12H2,1-2H3,(H,20,21). The summed E-state index contributed by atoms with van der Waals surface area (Å²) >= 11 is 0. The van der Waals surface area contributed by atoms with Crippen molar-refractivity contribution in [2.24, 2.45) is 5.41 Å². The van der Waals surface area contributed by atoms with Gasteiger partial charge in [0.2, 0.25) is 0 Å². The molecule has 1 aromatic heterocycles. The van der Waals surface area contributed by atoms with Gasteiger partial charge in [0.15, 0.2) is 5.69 Å². The molecule has 0 aliphatic carbocycles. The molecule has 26 heavy (non-hydrogen) atoms. The lowest BCUT2D eigenvalue weighted by molar-refractivity contribution is -0.0153. The number of aromatic amines is 1. The molecule has 0 unspecified atom stereocenters. The van der Waals surface area contributed by atoms with Crippen LogP contribution in [-0.2, 0) is 4.74 Å². The Morgan fingerprint density at radius 3 is 2.77 bits per heavy atom. The Morgan fingerprint density at radius 1 is 1.27 bits per heavy atom. The number of nitrogens with zero attached hydrogens (tertiary/aromatic N) is 3. The van der Waals surface area contributed by atoms with Gasteiger partial charge in [-0.25, -0.2) is 4.79 Å². The SMILES string of the molecule is CC1(C)COC(=O)N(C2CCN(C(=O)c3n[nH]c4ccccc34)CC2)C1. The second-order valence-electron chi connectivity index (χ2n) is 7.99. The Morgan fingerprint density at radius 2 is 2.00 bits per heavy atom. The minimum atomic E-state index is -0.229. The van der Waals surface area contributed by atoms with Crippen LogP contribution in [-0.4, -0.2) is 64.3 Å². The van der Waals surface area contributed by atoms with E-state index in [1.807, 2.05) is 34.1 Å². The van der Waals surface area contributed by atoms with Gasteiger partial charge in [0.05, 0.1) is 12.1 Å². The molecule has 0 saturated carbocycles. The first-order valence-corrected chi connectivity index (χ1v) is 9.10. The maximum atomic E-state index is 12.9. The van der Waals surface area contributed by atoms with Crippen LogP contribution in [0.3, 0.4) is 0 Å². The summed E-state index contributed by atoms with van der Waals surface area (Å²) in [6, 6.07) is 7.77. The van der Waals surface area contributed by atoms with Crippen molar-refractivity contribution >= 4 is 22.9 Å². The quantitative estimate of drug-likeness (QED) is 0.897. The third-order valence-electron chi connectivity index (χ3n) is 5.28. The number of carbonyl (C=O) groups excluding carboxylic acids is 2. The zero-order valence-electron chi connectivity index (χ0n) is 15.2. The van der Waals surface area contributed by atoms with Gasteiger partial charge >= 0.3 is 6.09 Å². The summed E-state index contributed by atoms with van der Waals surface area (Å²) < 4.78 is 5.33. The molecule has 0 spiro atoms. The van der Waals surface area contributed by atoms with E-state index in [-0.39, 0.29) is 23.5 Å². The first-order valence-electron chi connectivity index (χ1n) is 9.10. The number of hydrogen-bond acceptors (Lipinski definition) is 4. The van der Waals surface area contributed by atoms with Crippen LogP contribution < -0.4 is 0 Å². The molecule has 2 amide bonds. The lowest BCUT2D eigenvalue weighted by Crippen LogP contribution is -2.55. The smallest absolute Gasteiger partial charge is 0.410 e. The lowest BCUT2D eigenvalue weighted by Gasteiger charge is -2.44. The number of hydrogen-bond donors (Lipinski definition) is 1. The lowest BCUT2D eigenvalue weighted by atomic mass is 9.91. The number of aromatic nitrogens is 2. The van der Waals surface area contributed by atoms with Gasteiger partial charge in [-0.15, -0.1) is 0 Å². The van der Waals surface area contributed by atoms with Crippen LogP contribution >= 0.6 is 0 Å². The molecule has 7 nitrogen and oxygen atoms in total. The minimum absolute atomic E-state index is 0.0329. The summed E-state index contributed by atoms with van der Waals surface area (Å²) in [7, 11) is 0. The molecule has 2 saturated heterocycles. The van der Waals surface area contributed by atoms with E-state index in [0.29, 0.717) is 31.9 Å². The molecule has 3 heterocycles. The van der Waals surface area contributed by atoms with E-state index in [1.54, 1.807) is 0 Å². The molecule has 0 radical (unpaired) electrons. The first kappa shape index (κ1) is 16.9. The number of piperidine rings is 1. The van der Waals surface area contributed by atoms with E-state index in [0.717, 1.165) is 23.7 Å². The van der Waals surface area contributed by atoms with Crippen molar-refractivity contribution in [2.45, 2.75) is 32.7 Å². The normalized spacial score (nSPS) is 21.1. The zero-order chi connectivity index (χ0) is 18.3. The number of cyclic esters (lactones) is 1. The molecule has 0 atom stereocenters. The number of fused-ring (bicyclic) bond motifs is 1. The van der Waals surface area contributed by atoms with E-state index in [1.165, 1.54) is 0 Å². The number of rotatable bonds is 2. The number of amides is 2. The molecule has 1 aromatic carbocycles. The predicted molar refractivity (Wildman–Crippen MR) is 96.9 cm³/mol. The van der Waals surface area contributed by atoms with Crippen LogP contribution in [0.1, 0.15) is 37.2 Å². The summed E-state index contributed by atoms with van der Waals surface area (Å²) in [6.07, 6.45) is 1.30. The van der Waals surface area contributed by atoms with Gasteiger partial charge in [-0.3, -0.25) is 9.89 Å². The average molecular weight is 356 g/mol. The number of benzene rings is 1. The van der Waals surface area contributed by atoms with Crippen molar-refractivity contribution in [3.8, 4) is 0 Å². The highest BCUT2D eigenvalue weighted by Gasteiger charge is 2.38. The Hall–Kier alpha value is -2.57. The third-order valence-corrected chi connectivity index (χ3v) is 5.28. The van der Waals surface area contributed by atoms with Crippen molar-refractivity contribution in [2.75, 3.05) is 26.2 Å². The van der Waals surface area contributed by atoms with E-state index in [4.69, 9.17) is 4.74 Å². The molecule has 0 bridgehead atoms. The van der Waals surface area contributed by atoms with Gasteiger partial charge in [-0.2, -0.15) is 5.10 Å². The molecule has 2 aliphatic heterocycles.